The molecular weight excluding hydrogens is 386 g/mol. The van der Waals surface area contributed by atoms with Crippen molar-refractivity contribution in [2.75, 3.05) is 24.4 Å². The third-order valence-electron chi connectivity index (χ3n) is 3.46. The number of rotatable bonds is 3. The van der Waals surface area contributed by atoms with E-state index in [2.05, 4.69) is 5.10 Å². The van der Waals surface area contributed by atoms with Crippen LogP contribution in [0.4, 0.5) is 23.2 Å². The Morgan fingerprint density at radius 2 is 2.00 bits per heavy atom. The molecule has 0 amide bonds. The van der Waals surface area contributed by atoms with Gasteiger partial charge >= 0.3 is 6.18 Å². The zero-order valence-electron chi connectivity index (χ0n) is 13.9. The molecular formula is C12H19F4N5O4S. The maximum Gasteiger partial charge on any atom is 0.430 e. The number of carbonyl (C=O) groups is 1. The van der Waals surface area contributed by atoms with Gasteiger partial charge in [-0.15, -0.1) is 0 Å². The van der Waals surface area contributed by atoms with E-state index in [-0.39, 0.29) is 6.42 Å². The fraction of sp³-hybridized carbons (Fsp3) is 0.667. The molecule has 26 heavy (non-hydrogen) atoms. The third kappa shape index (κ3) is 6.42. The highest BCUT2D eigenvalue weighted by molar-refractivity contribution is 7.90. The van der Waals surface area contributed by atoms with Crippen LogP contribution in [0.25, 0.3) is 0 Å². The van der Waals surface area contributed by atoms with E-state index in [1.807, 2.05) is 7.05 Å². The number of carbonyl (C=O) groups excluding carboxylic acids is 1. The molecule has 0 aromatic carbocycles. The van der Waals surface area contributed by atoms with E-state index in [0.717, 1.165) is 9.21 Å². The van der Waals surface area contributed by atoms with Gasteiger partial charge in [0.15, 0.2) is 6.17 Å². The van der Waals surface area contributed by atoms with E-state index in [9.17, 15) is 26.0 Å². The minimum Gasteiger partial charge on any atom is -0.542 e. The lowest BCUT2D eigenvalue weighted by atomic mass is 10.0. The van der Waals surface area contributed by atoms with E-state index >= 15 is 0 Å². The van der Waals surface area contributed by atoms with Gasteiger partial charge in [0, 0.05) is 19.7 Å². The number of nitrogens with zero attached hydrogens (tertiary/aromatic N) is 3. The van der Waals surface area contributed by atoms with Crippen LogP contribution in [0.15, 0.2) is 12.4 Å². The summed E-state index contributed by atoms with van der Waals surface area (Å²) in [5.74, 6) is -3.01. The van der Waals surface area contributed by atoms with Crippen molar-refractivity contribution < 1.29 is 40.8 Å². The Kier molecular flexibility index (Phi) is 6.95. The number of aliphatic carboxylic acids is 1. The molecule has 1 unspecified atom stereocenters. The van der Waals surface area contributed by atoms with Crippen molar-refractivity contribution in [3.05, 3.63) is 12.4 Å². The second-order valence-corrected chi connectivity index (χ2v) is 7.27. The summed E-state index contributed by atoms with van der Waals surface area (Å²) in [6, 6.07) is -0.483. The van der Waals surface area contributed by atoms with Gasteiger partial charge in [0.1, 0.15) is 12.5 Å². The largest absolute Gasteiger partial charge is 0.542 e. The number of hydrogen-bond acceptors (Lipinski definition) is 5. The molecule has 0 spiro atoms. The van der Waals surface area contributed by atoms with E-state index in [1.165, 1.54) is 10.9 Å². The number of likely N-dealkylation sites (N-methyl/N-ethyl adjacent to an activating group) is 1. The van der Waals surface area contributed by atoms with Crippen molar-refractivity contribution >= 4 is 21.9 Å². The summed E-state index contributed by atoms with van der Waals surface area (Å²) >= 11 is 0. The van der Waals surface area contributed by atoms with E-state index in [0.29, 0.717) is 18.8 Å². The molecule has 1 saturated heterocycles. The van der Waals surface area contributed by atoms with Crippen LogP contribution in [0.5, 0.6) is 0 Å². The number of quaternary nitrogens is 1. The number of carboxylic acids is 1. The molecule has 9 nitrogen and oxygen atoms in total. The molecule has 0 saturated carbocycles. The van der Waals surface area contributed by atoms with E-state index in [1.54, 1.807) is 13.2 Å². The number of hydrogen-bond donors (Lipinski definition) is 2. The van der Waals surface area contributed by atoms with Crippen molar-refractivity contribution in [2.24, 2.45) is 12.2 Å². The van der Waals surface area contributed by atoms with Crippen LogP contribution >= 0.6 is 0 Å². The van der Waals surface area contributed by atoms with Gasteiger partial charge in [0.25, 0.3) is 10.2 Å². The van der Waals surface area contributed by atoms with Gasteiger partial charge in [-0.2, -0.15) is 26.7 Å². The first-order chi connectivity index (χ1) is 11.7. The van der Waals surface area contributed by atoms with Crippen molar-refractivity contribution in [2.45, 2.75) is 24.8 Å². The van der Waals surface area contributed by atoms with E-state index < -0.39 is 34.6 Å². The summed E-state index contributed by atoms with van der Waals surface area (Å²) in [5, 5.41) is 18.0. The minimum absolute atomic E-state index is 0.155. The Bertz CT molecular complexity index is 713. The van der Waals surface area contributed by atoms with Crippen molar-refractivity contribution in [3.63, 3.8) is 0 Å². The minimum atomic E-state index is -5.19. The number of likely N-dealkylation sites (tertiary alicyclic amines) is 1. The zero-order valence-corrected chi connectivity index (χ0v) is 14.7. The maximum atomic E-state index is 13.6. The number of anilines is 1. The first-order valence-corrected chi connectivity index (χ1v) is 8.76. The molecule has 0 radical (unpaired) electrons. The van der Waals surface area contributed by atoms with E-state index in [4.69, 9.17) is 15.0 Å². The number of aryl methyl sites for hydroxylation is 1. The van der Waals surface area contributed by atoms with Crippen LogP contribution in [0.1, 0.15) is 6.42 Å². The molecule has 3 N–H and O–H groups in total. The molecule has 1 aromatic rings. The molecule has 0 aliphatic carbocycles. The number of halogens is 4. The molecule has 1 aliphatic heterocycles. The van der Waals surface area contributed by atoms with Crippen LogP contribution in [0.2, 0.25) is 0 Å². The Hall–Kier alpha value is -1.93. The highest BCUT2D eigenvalue weighted by Crippen LogP contribution is 2.22. The summed E-state index contributed by atoms with van der Waals surface area (Å²) in [7, 11) is -0.433. The lowest BCUT2D eigenvalue weighted by molar-refractivity contribution is -0.888. The maximum absolute atomic E-state index is 13.6. The van der Waals surface area contributed by atoms with Gasteiger partial charge in [0.2, 0.25) is 0 Å². The fourth-order valence-electron chi connectivity index (χ4n) is 2.59. The first-order valence-electron chi connectivity index (χ1n) is 7.26. The Morgan fingerprint density at radius 1 is 1.46 bits per heavy atom. The van der Waals surface area contributed by atoms with Gasteiger partial charge in [0.05, 0.1) is 31.5 Å². The number of aromatic nitrogens is 2. The van der Waals surface area contributed by atoms with Crippen molar-refractivity contribution in [1.82, 2.24) is 9.78 Å². The SMILES string of the molecule is Cn1cc(N([C@@H]2C[C@H](F)C[NH+](C)C2)S(N)(=O)=O)cn1.O=C([O-])C(F)(F)F. The quantitative estimate of drug-likeness (QED) is 0.532. The van der Waals surface area contributed by atoms with Gasteiger partial charge in [-0.05, 0) is 0 Å². The van der Waals surface area contributed by atoms with Gasteiger partial charge < -0.3 is 14.8 Å². The standard InChI is InChI=1S/C10H18FN5O2S.C2HF3O2/c1-14-5-8(11)3-9(6-14)16(19(12,17)18)10-4-13-15(2)7-10;3-2(4,5)1(6)7/h4,7-9H,3,5-6H2,1-2H3,(H2,12,17,18);(H,6,7)/t8-,9+;/m0./s1. The first kappa shape index (κ1) is 22.1. The van der Waals surface area contributed by atoms with Crippen LogP contribution in [-0.2, 0) is 22.1 Å². The summed E-state index contributed by atoms with van der Waals surface area (Å²) in [5.41, 5.74) is 0.372. The lowest BCUT2D eigenvalue weighted by Crippen LogP contribution is -3.13. The van der Waals surface area contributed by atoms with Crippen molar-refractivity contribution in [3.8, 4) is 0 Å². The second kappa shape index (κ2) is 8.18. The molecule has 2 heterocycles. The second-order valence-electron chi connectivity index (χ2n) is 5.85. The topological polar surface area (TPSA) is 126 Å². The van der Waals surface area contributed by atoms with Crippen molar-refractivity contribution in [1.29, 1.82) is 0 Å². The summed E-state index contributed by atoms with van der Waals surface area (Å²) in [6.07, 6.45) is -3.09. The number of nitrogens with one attached hydrogen (secondary N) is 1. The number of nitrogens with two attached hydrogens (primary N) is 1. The lowest BCUT2D eigenvalue weighted by Gasteiger charge is -2.35. The molecule has 1 aromatic heterocycles. The van der Waals surface area contributed by atoms with Crippen LogP contribution in [-0.4, -0.2) is 62.7 Å². The average molecular weight is 405 g/mol. The summed E-state index contributed by atoms with van der Waals surface area (Å²) in [6.45, 7) is 0.910. The zero-order chi connectivity index (χ0) is 20.3. The Labute approximate surface area is 147 Å². The van der Waals surface area contributed by atoms with Gasteiger partial charge in [-0.1, -0.05) is 0 Å². The molecule has 2 rings (SSSR count). The van der Waals surface area contributed by atoms with Gasteiger partial charge in [-0.3, -0.25) is 4.68 Å². The average Bonchev–Trinajstić information content (AvgIpc) is 2.81. The smallest absolute Gasteiger partial charge is 0.430 e. The fourth-order valence-corrected chi connectivity index (χ4v) is 3.56. The Balaban J connectivity index is 0.000000412. The predicted octanol–water partition coefficient (Wildman–Crippen LogP) is -2.65. The van der Waals surface area contributed by atoms with Gasteiger partial charge in [-0.25, -0.2) is 13.8 Å². The number of alkyl halides is 4. The summed E-state index contributed by atoms with van der Waals surface area (Å²) in [4.78, 5) is 9.73. The highest BCUT2D eigenvalue weighted by atomic mass is 32.2. The number of piperidine rings is 1. The molecule has 1 aliphatic rings. The molecule has 3 atom stereocenters. The highest BCUT2D eigenvalue weighted by Gasteiger charge is 2.37. The molecule has 150 valence electrons. The third-order valence-corrected chi connectivity index (χ3v) is 4.52. The van der Waals surface area contributed by atoms with Crippen LogP contribution in [0, 0.1) is 0 Å². The van der Waals surface area contributed by atoms with Crippen LogP contribution in [0.3, 0.4) is 0 Å². The molecule has 0 bridgehead atoms. The normalized spacial score (nSPS) is 23.7. The number of carboxylic acid groups (broad SMARTS) is 1. The summed E-state index contributed by atoms with van der Waals surface area (Å²) < 4.78 is 71.3. The Morgan fingerprint density at radius 3 is 2.35 bits per heavy atom. The molecule has 14 heteroatoms. The monoisotopic (exact) mass is 405 g/mol. The van der Waals surface area contributed by atoms with Crippen LogP contribution < -0.4 is 19.5 Å². The molecule has 1 fully saturated rings. The predicted molar refractivity (Wildman–Crippen MR) is 79.8 cm³/mol.